The second-order valence-corrected chi connectivity index (χ2v) is 5.44. The number of hydrogen-bond acceptors (Lipinski definition) is 3. The van der Waals surface area contributed by atoms with Gasteiger partial charge in [0.05, 0.1) is 6.61 Å². The first-order valence-electron chi connectivity index (χ1n) is 7.93. The molecule has 124 valence electrons. The van der Waals surface area contributed by atoms with E-state index >= 15 is 0 Å². The number of amides is 1. The lowest BCUT2D eigenvalue weighted by atomic mass is 10.0. The highest BCUT2D eigenvalue weighted by Gasteiger charge is 2.29. The molecular weight excluding hydrogens is 300 g/mol. The average Bonchev–Trinajstić information content (AvgIpc) is 2.56. The highest BCUT2D eigenvalue weighted by atomic mass is 35.5. The monoisotopic (exact) mass is 326 g/mol. The molecule has 5 heteroatoms. The average molecular weight is 327 g/mol. The van der Waals surface area contributed by atoms with Gasteiger partial charge in [-0.15, -0.1) is 12.4 Å². The zero-order chi connectivity index (χ0) is 15.1. The molecule has 2 unspecified atom stereocenters. The van der Waals surface area contributed by atoms with Crippen LogP contribution in [0.15, 0.2) is 30.3 Å². The van der Waals surface area contributed by atoms with Gasteiger partial charge in [-0.3, -0.25) is 4.79 Å². The Morgan fingerprint density at radius 2 is 2.09 bits per heavy atom. The summed E-state index contributed by atoms with van der Waals surface area (Å²) in [4.78, 5) is 14.7. The summed E-state index contributed by atoms with van der Waals surface area (Å²) >= 11 is 0. The van der Waals surface area contributed by atoms with Crippen molar-refractivity contribution in [2.45, 2.75) is 38.8 Å². The van der Waals surface area contributed by atoms with Crippen molar-refractivity contribution in [3.05, 3.63) is 35.9 Å². The summed E-state index contributed by atoms with van der Waals surface area (Å²) in [5.41, 5.74) is 1.28. The van der Waals surface area contributed by atoms with Gasteiger partial charge >= 0.3 is 0 Å². The van der Waals surface area contributed by atoms with Gasteiger partial charge in [-0.1, -0.05) is 37.3 Å². The van der Waals surface area contributed by atoms with E-state index in [4.69, 9.17) is 4.74 Å². The van der Waals surface area contributed by atoms with Crippen molar-refractivity contribution in [3.8, 4) is 0 Å². The maximum Gasteiger partial charge on any atom is 0.253 e. The first-order valence-corrected chi connectivity index (χ1v) is 7.93. The van der Waals surface area contributed by atoms with Crippen LogP contribution in [0.3, 0.4) is 0 Å². The third kappa shape index (κ3) is 4.97. The number of rotatable bonds is 6. The van der Waals surface area contributed by atoms with E-state index in [1.807, 2.05) is 30.0 Å². The molecule has 1 fully saturated rings. The Morgan fingerprint density at radius 3 is 2.64 bits per heavy atom. The summed E-state index contributed by atoms with van der Waals surface area (Å²) in [6.07, 6.45) is 1.52. The van der Waals surface area contributed by atoms with E-state index in [9.17, 15) is 4.79 Å². The number of nitrogens with one attached hydrogen (secondary N) is 1. The number of carbonyl (C=O) groups excluding carboxylic acids is 1. The number of benzene rings is 1. The Bertz CT molecular complexity index is 436. The summed E-state index contributed by atoms with van der Waals surface area (Å²) in [6.45, 7) is 6.98. The van der Waals surface area contributed by atoms with Crippen LogP contribution in [0.4, 0.5) is 0 Å². The minimum absolute atomic E-state index is 0. The van der Waals surface area contributed by atoms with Crippen molar-refractivity contribution in [1.29, 1.82) is 0 Å². The molecule has 1 aromatic carbocycles. The van der Waals surface area contributed by atoms with Crippen molar-refractivity contribution in [2.75, 3.05) is 26.2 Å². The van der Waals surface area contributed by atoms with Gasteiger partial charge < -0.3 is 15.0 Å². The maximum atomic E-state index is 12.7. The second kappa shape index (κ2) is 9.82. The lowest BCUT2D eigenvalue weighted by Gasteiger charge is -2.34. The highest BCUT2D eigenvalue weighted by Crippen LogP contribution is 2.15. The van der Waals surface area contributed by atoms with Crippen LogP contribution in [0.5, 0.6) is 0 Å². The van der Waals surface area contributed by atoms with Gasteiger partial charge in [0.25, 0.3) is 5.91 Å². The van der Waals surface area contributed by atoms with Gasteiger partial charge in [0.2, 0.25) is 0 Å². The number of morpholine rings is 1. The summed E-state index contributed by atoms with van der Waals surface area (Å²) in [7, 11) is 0. The van der Waals surface area contributed by atoms with Crippen molar-refractivity contribution in [2.24, 2.45) is 0 Å². The van der Waals surface area contributed by atoms with Crippen LogP contribution >= 0.6 is 12.4 Å². The van der Waals surface area contributed by atoms with Gasteiger partial charge in [0.15, 0.2) is 0 Å². The van der Waals surface area contributed by atoms with Crippen LogP contribution in [-0.2, 0) is 16.0 Å². The topological polar surface area (TPSA) is 41.6 Å². The molecule has 1 aromatic rings. The Kier molecular flexibility index (Phi) is 8.46. The van der Waals surface area contributed by atoms with E-state index in [1.165, 1.54) is 5.56 Å². The molecule has 1 saturated heterocycles. The molecule has 0 radical (unpaired) electrons. The van der Waals surface area contributed by atoms with Gasteiger partial charge in [0.1, 0.15) is 6.10 Å². The van der Waals surface area contributed by atoms with Crippen molar-refractivity contribution in [3.63, 3.8) is 0 Å². The number of hydrogen-bond donors (Lipinski definition) is 1. The van der Waals surface area contributed by atoms with Gasteiger partial charge in [-0.05, 0) is 25.3 Å². The molecule has 0 aromatic heterocycles. The molecule has 1 aliphatic heterocycles. The van der Waals surface area contributed by atoms with E-state index < -0.39 is 0 Å². The Labute approximate surface area is 139 Å². The minimum atomic E-state index is -0.330. The largest absolute Gasteiger partial charge is 0.366 e. The molecule has 1 heterocycles. The number of likely N-dealkylation sites (N-methyl/N-ethyl adjacent to an activating group) is 1. The molecule has 0 aliphatic carbocycles. The molecule has 0 saturated carbocycles. The van der Waals surface area contributed by atoms with E-state index in [1.54, 1.807) is 0 Å². The lowest BCUT2D eigenvalue weighted by Crippen LogP contribution is -2.52. The summed E-state index contributed by atoms with van der Waals surface area (Å²) in [6, 6.07) is 10.6. The Morgan fingerprint density at radius 1 is 1.36 bits per heavy atom. The molecule has 4 nitrogen and oxygen atoms in total. The third-order valence-corrected chi connectivity index (χ3v) is 4.05. The first kappa shape index (κ1) is 18.9. The summed E-state index contributed by atoms with van der Waals surface area (Å²) < 4.78 is 5.61. The molecule has 2 atom stereocenters. The van der Waals surface area contributed by atoms with Gasteiger partial charge in [-0.2, -0.15) is 0 Å². The highest BCUT2D eigenvalue weighted by molar-refractivity contribution is 5.85. The molecule has 0 spiro atoms. The molecule has 22 heavy (non-hydrogen) atoms. The van der Waals surface area contributed by atoms with E-state index in [0.717, 1.165) is 25.9 Å². The fourth-order valence-corrected chi connectivity index (χ4v) is 2.86. The number of ether oxygens (including phenoxy) is 1. The van der Waals surface area contributed by atoms with Crippen molar-refractivity contribution in [1.82, 2.24) is 10.2 Å². The fourth-order valence-electron chi connectivity index (χ4n) is 2.86. The van der Waals surface area contributed by atoms with Crippen LogP contribution in [0, 0.1) is 0 Å². The van der Waals surface area contributed by atoms with Gasteiger partial charge in [-0.25, -0.2) is 0 Å². The van der Waals surface area contributed by atoms with E-state index in [-0.39, 0.29) is 30.5 Å². The van der Waals surface area contributed by atoms with Crippen molar-refractivity contribution >= 4 is 18.3 Å². The lowest BCUT2D eigenvalue weighted by molar-refractivity contribution is -0.147. The number of carbonyl (C=O) groups is 1. The zero-order valence-corrected chi connectivity index (χ0v) is 14.3. The normalized spacial score (nSPS) is 19.1. The van der Waals surface area contributed by atoms with Gasteiger partial charge in [0, 0.05) is 25.7 Å². The van der Waals surface area contributed by atoms with Crippen LogP contribution < -0.4 is 5.32 Å². The summed E-state index contributed by atoms with van der Waals surface area (Å²) in [5, 5.41) is 3.23. The zero-order valence-electron chi connectivity index (χ0n) is 13.5. The predicted octanol–water partition coefficient (Wildman–Crippen LogP) is 2.27. The minimum Gasteiger partial charge on any atom is -0.366 e. The molecular formula is C17H27ClN2O2. The smallest absolute Gasteiger partial charge is 0.253 e. The van der Waals surface area contributed by atoms with Crippen LogP contribution in [-0.4, -0.2) is 49.2 Å². The predicted molar refractivity (Wildman–Crippen MR) is 91.5 cm³/mol. The van der Waals surface area contributed by atoms with Crippen molar-refractivity contribution < 1.29 is 9.53 Å². The fraction of sp³-hybridized carbons (Fsp3) is 0.588. The Balaban J connectivity index is 0.00000242. The quantitative estimate of drug-likeness (QED) is 0.872. The first-order chi connectivity index (χ1) is 10.3. The molecule has 2 rings (SSSR count). The standard InChI is InChI=1S/C17H26N2O2.ClH/c1-3-15(12-14-8-6-5-7-9-14)19(4-2)17(20)16-13-18-10-11-21-16;/h5-9,15-16,18H,3-4,10-13H2,1-2H3;1H. The van der Waals surface area contributed by atoms with Crippen LogP contribution in [0.25, 0.3) is 0 Å². The summed E-state index contributed by atoms with van der Waals surface area (Å²) in [5.74, 6) is 0.118. The SMILES string of the molecule is CCC(Cc1ccccc1)N(CC)C(=O)C1CNCCO1.Cl. The molecule has 1 N–H and O–H groups in total. The second-order valence-electron chi connectivity index (χ2n) is 5.44. The number of nitrogens with zero attached hydrogens (tertiary/aromatic N) is 1. The van der Waals surface area contributed by atoms with Crippen LogP contribution in [0.2, 0.25) is 0 Å². The van der Waals surface area contributed by atoms with E-state index in [0.29, 0.717) is 13.2 Å². The van der Waals surface area contributed by atoms with E-state index in [2.05, 4.69) is 24.4 Å². The number of halogens is 1. The maximum absolute atomic E-state index is 12.7. The Hall–Kier alpha value is -1.10. The molecule has 1 aliphatic rings. The molecule has 0 bridgehead atoms. The third-order valence-electron chi connectivity index (χ3n) is 4.05. The van der Waals surface area contributed by atoms with Crippen LogP contribution in [0.1, 0.15) is 25.8 Å². The molecule has 1 amide bonds.